The largest absolute Gasteiger partial charge is 0.478 e. The molecule has 1 aromatic heterocycles. The molecule has 0 spiro atoms. The zero-order valence-corrected chi connectivity index (χ0v) is 10.3. The van der Waals surface area contributed by atoms with Crippen LogP contribution in [0.4, 0.5) is 8.78 Å². The Morgan fingerprint density at radius 2 is 2.20 bits per heavy atom. The fourth-order valence-electron chi connectivity index (χ4n) is 1.10. The van der Waals surface area contributed by atoms with E-state index in [1.807, 2.05) is 0 Å². The molecule has 0 fully saturated rings. The van der Waals surface area contributed by atoms with Crippen molar-refractivity contribution in [1.82, 2.24) is 4.98 Å². The van der Waals surface area contributed by atoms with Crippen LogP contribution in [0.15, 0.2) is 10.8 Å². The number of nitrogens with zero attached hydrogens (tertiary/aromatic N) is 1. The van der Waals surface area contributed by atoms with Gasteiger partial charge in [-0.2, -0.15) is 0 Å². The first kappa shape index (κ1) is 12.5. The van der Waals surface area contributed by atoms with Crippen LogP contribution in [0.1, 0.15) is 27.9 Å². The van der Waals surface area contributed by atoms with E-state index in [1.165, 1.54) is 6.20 Å². The number of hydrogen-bond donors (Lipinski definition) is 1. The molecule has 0 aliphatic heterocycles. The lowest BCUT2D eigenvalue weighted by molar-refractivity contribution is 0.0682. The average molecular weight is 345 g/mol. The molecule has 0 amide bonds. The number of hydrogen-bond acceptors (Lipinski definition) is 2. The van der Waals surface area contributed by atoms with Gasteiger partial charge in [0.2, 0.25) is 0 Å². The summed E-state index contributed by atoms with van der Waals surface area (Å²) in [6.07, 6.45) is -1.63. The van der Waals surface area contributed by atoms with Gasteiger partial charge in [0.25, 0.3) is 6.43 Å². The van der Waals surface area contributed by atoms with Gasteiger partial charge >= 0.3 is 5.97 Å². The summed E-state index contributed by atoms with van der Waals surface area (Å²) in [5, 5.41) is 8.93. The molecule has 0 bridgehead atoms. The number of halogens is 4. The summed E-state index contributed by atoms with van der Waals surface area (Å²) >= 11 is 5.84. The Morgan fingerprint density at radius 3 is 2.60 bits per heavy atom. The molecule has 3 nitrogen and oxygen atoms in total. The lowest BCUT2D eigenvalue weighted by Gasteiger charge is -2.10. The van der Waals surface area contributed by atoms with Gasteiger partial charge in [-0.05, 0) is 21.5 Å². The summed E-state index contributed by atoms with van der Waals surface area (Å²) in [6.45, 7) is 0. The number of pyridine rings is 1. The van der Waals surface area contributed by atoms with E-state index in [0.29, 0.717) is 0 Å². The fraction of sp³-hybridized carbons (Fsp3) is 0.250. The molecular weight excluding hydrogens is 340 g/mol. The van der Waals surface area contributed by atoms with Crippen molar-refractivity contribution >= 4 is 37.8 Å². The Hall–Kier alpha value is -0.560. The van der Waals surface area contributed by atoms with E-state index < -0.39 is 23.5 Å². The summed E-state index contributed by atoms with van der Waals surface area (Å²) < 4.78 is 25.3. The minimum absolute atomic E-state index is 0.0880. The molecular formula is C8H5Br2F2NO2. The number of rotatable bonds is 3. The van der Waals surface area contributed by atoms with Crippen molar-refractivity contribution < 1.29 is 18.7 Å². The molecule has 0 saturated carbocycles. The minimum Gasteiger partial charge on any atom is -0.478 e. The molecule has 1 heterocycles. The zero-order chi connectivity index (χ0) is 11.6. The van der Waals surface area contributed by atoms with Crippen LogP contribution in [-0.4, -0.2) is 16.1 Å². The molecule has 1 rings (SSSR count). The SMILES string of the molecule is O=C(O)c1c(Br)ncc(CBr)c1C(F)F. The molecule has 82 valence electrons. The van der Waals surface area contributed by atoms with Crippen molar-refractivity contribution in [3.05, 3.63) is 27.5 Å². The van der Waals surface area contributed by atoms with Gasteiger partial charge in [0.15, 0.2) is 0 Å². The Labute approximate surface area is 101 Å². The number of aromatic nitrogens is 1. The molecule has 1 N–H and O–H groups in total. The maximum absolute atomic E-state index is 12.7. The second-order valence-electron chi connectivity index (χ2n) is 2.60. The van der Waals surface area contributed by atoms with Crippen LogP contribution in [0.3, 0.4) is 0 Å². The number of carbonyl (C=O) groups is 1. The Balaban J connectivity index is 3.51. The quantitative estimate of drug-likeness (QED) is 0.675. The predicted molar refractivity (Wildman–Crippen MR) is 56.5 cm³/mol. The van der Waals surface area contributed by atoms with Crippen molar-refractivity contribution in [2.75, 3.05) is 0 Å². The van der Waals surface area contributed by atoms with E-state index in [2.05, 4.69) is 36.8 Å². The van der Waals surface area contributed by atoms with Crippen LogP contribution in [0.25, 0.3) is 0 Å². The highest BCUT2D eigenvalue weighted by Crippen LogP contribution is 2.31. The maximum atomic E-state index is 12.7. The molecule has 0 atom stereocenters. The Bertz CT molecular complexity index is 398. The number of alkyl halides is 3. The van der Waals surface area contributed by atoms with Gasteiger partial charge in [-0.3, -0.25) is 0 Å². The summed E-state index contributed by atoms with van der Waals surface area (Å²) in [6, 6.07) is 0. The molecule has 0 aromatic carbocycles. The van der Waals surface area contributed by atoms with Gasteiger partial charge in [-0.25, -0.2) is 18.6 Å². The smallest absolute Gasteiger partial charge is 0.338 e. The van der Waals surface area contributed by atoms with Gasteiger partial charge < -0.3 is 5.11 Å². The normalized spacial score (nSPS) is 10.7. The van der Waals surface area contributed by atoms with Gasteiger partial charge in [-0.1, -0.05) is 15.9 Å². The second kappa shape index (κ2) is 4.98. The number of aromatic carboxylic acids is 1. The molecule has 7 heteroatoms. The first-order chi connectivity index (χ1) is 6.99. The van der Waals surface area contributed by atoms with Gasteiger partial charge in [0.05, 0.1) is 0 Å². The molecule has 0 aliphatic carbocycles. The van der Waals surface area contributed by atoms with Crippen molar-refractivity contribution in [3.63, 3.8) is 0 Å². The van der Waals surface area contributed by atoms with Crippen LogP contribution in [0, 0.1) is 0 Å². The summed E-state index contributed by atoms with van der Waals surface area (Å²) in [5.74, 6) is -1.42. The number of carboxylic acids is 1. The standard InChI is InChI=1S/C8H5Br2F2NO2/c9-1-3-2-13-6(10)5(8(14)15)4(3)7(11)12/h2,7H,1H2,(H,14,15). The third-order valence-electron chi connectivity index (χ3n) is 1.73. The van der Waals surface area contributed by atoms with Crippen molar-refractivity contribution in [2.24, 2.45) is 0 Å². The van der Waals surface area contributed by atoms with Crippen molar-refractivity contribution in [2.45, 2.75) is 11.8 Å². The molecule has 15 heavy (non-hydrogen) atoms. The highest BCUT2D eigenvalue weighted by molar-refractivity contribution is 9.10. The van der Waals surface area contributed by atoms with Gasteiger partial charge in [0, 0.05) is 17.1 Å². The monoisotopic (exact) mass is 343 g/mol. The summed E-state index contributed by atoms with van der Waals surface area (Å²) in [5.41, 5.74) is -0.811. The van der Waals surface area contributed by atoms with E-state index in [-0.39, 0.29) is 15.5 Å². The van der Waals surface area contributed by atoms with Crippen LogP contribution >= 0.6 is 31.9 Å². The third-order valence-corrected chi connectivity index (χ3v) is 2.94. The predicted octanol–water partition coefficient (Wildman–Crippen LogP) is 3.37. The Kier molecular flexibility index (Phi) is 4.15. The van der Waals surface area contributed by atoms with Crippen LogP contribution in [0.2, 0.25) is 0 Å². The van der Waals surface area contributed by atoms with E-state index in [9.17, 15) is 13.6 Å². The topological polar surface area (TPSA) is 50.2 Å². The maximum Gasteiger partial charge on any atom is 0.338 e. The van der Waals surface area contributed by atoms with Crippen LogP contribution in [0.5, 0.6) is 0 Å². The molecule has 0 unspecified atom stereocenters. The molecule has 0 radical (unpaired) electrons. The van der Waals surface area contributed by atoms with Gasteiger partial charge in [0.1, 0.15) is 10.2 Å². The first-order valence-corrected chi connectivity index (χ1v) is 5.65. The van der Waals surface area contributed by atoms with Gasteiger partial charge in [-0.15, -0.1) is 0 Å². The number of carboxylic acid groups (broad SMARTS) is 1. The lowest BCUT2D eigenvalue weighted by Crippen LogP contribution is -2.08. The third kappa shape index (κ3) is 2.52. The van der Waals surface area contributed by atoms with Crippen LogP contribution < -0.4 is 0 Å². The lowest BCUT2D eigenvalue weighted by atomic mass is 10.1. The molecule has 0 aliphatic rings. The van der Waals surface area contributed by atoms with E-state index in [1.54, 1.807) is 0 Å². The summed E-state index contributed by atoms with van der Waals surface area (Å²) in [7, 11) is 0. The van der Waals surface area contributed by atoms with Crippen molar-refractivity contribution in [3.8, 4) is 0 Å². The average Bonchev–Trinajstić information content (AvgIpc) is 2.16. The zero-order valence-electron chi connectivity index (χ0n) is 7.18. The minimum atomic E-state index is -2.84. The summed E-state index contributed by atoms with van der Waals surface area (Å²) in [4.78, 5) is 14.5. The second-order valence-corrected chi connectivity index (χ2v) is 3.91. The Morgan fingerprint density at radius 1 is 1.60 bits per heavy atom. The van der Waals surface area contributed by atoms with Crippen LogP contribution in [-0.2, 0) is 5.33 Å². The highest BCUT2D eigenvalue weighted by Gasteiger charge is 2.24. The van der Waals surface area contributed by atoms with E-state index in [4.69, 9.17) is 5.11 Å². The van der Waals surface area contributed by atoms with E-state index >= 15 is 0 Å². The highest BCUT2D eigenvalue weighted by atomic mass is 79.9. The molecule has 0 saturated heterocycles. The molecule has 1 aromatic rings. The van der Waals surface area contributed by atoms with Crippen molar-refractivity contribution in [1.29, 1.82) is 0 Å². The van der Waals surface area contributed by atoms with E-state index in [0.717, 1.165) is 0 Å². The first-order valence-electron chi connectivity index (χ1n) is 3.73. The fourth-order valence-corrected chi connectivity index (χ4v) is 2.03.